The average molecular weight is 782 g/mol. The van der Waals surface area contributed by atoms with Crippen molar-refractivity contribution >= 4 is 17.8 Å². The number of hydrogen-bond donors (Lipinski definition) is 3. The summed E-state index contributed by atoms with van der Waals surface area (Å²) in [5.41, 5.74) is 6.83. The number of ether oxygens (including phenoxy) is 1. The molecular weight excluding hydrogens is 729 g/mol. The number of nitrogens with one attached hydrogen (secondary N) is 3. The van der Waals surface area contributed by atoms with Gasteiger partial charge in [-0.15, -0.1) is 0 Å². The van der Waals surface area contributed by atoms with Gasteiger partial charge in [-0.3, -0.25) is 14.9 Å². The van der Waals surface area contributed by atoms with E-state index in [9.17, 15) is 14.4 Å². The average Bonchev–Trinajstić information content (AvgIpc) is 4.11. The first-order valence-electron chi connectivity index (χ1n) is 21.0. The van der Waals surface area contributed by atoms with Crippen LogP contribution >= 0.6 is 0 Å². The van der Waals surface area contributed by atoms with E-state index in [2.05, 4.69) is 70.7 Å². The van der Waals surface area contributed by atoms with Gasteiger partial charge in [0, 0.05) is 32.5 Å². The minimum Gasteiger partial charge on any atom is -0.368 e. The summed E-state index contributed by atoms with van der Waals surface area (Å²) in [5, 5.41) is 3.17. The molecule has 58 heavy (non-hydrogen) atoms. The molecule has 5 aromatic rings. The smallest absolute Gasteiger partial charge is 0.368 e. The predicted molar refractivity (Wildman–Crippen MR) is 221 cm³/mol. The van der Waals surface area contributed by atoms with Crippen LogP contribution < -0.4 is 5.32 Å². The fraction of sp³-hybridized carbons (Fsp3) is 0.413. The van der Waals surface area contributed by atoms with E-state index < -0.39 is 6.04 Å². The van der Waals surface area contributed by atoms with Gasteiger partial charge in [0.15, 0.2) is 0 Å². The second-order valence-corrected chi connectivity index (χ2v) is 16.7. The highest BCUT2D eigenvalue weighted by Crippen LogP contribution is 2.36. The maximum Gasteiger partial charge on any atom is 0.417 e. The van der Waals surface area contributed by atoms with Crippen LogP contribution in [0.5, 0.6) is 0 Å². The fourth-order valence-electron chi connectivity index (χ4n) is 9.47. The zero-order valence-electron chi connectivity index (χ0n) is 33.4. The highest BCUT2D eigenvalue weighted by atomic mass is 16.5. The number of nitrogens with zero attached hydrogens (tertiary/aromatic N) is 5. The van der Waals surface area contributed by atoms with E-state index in [0.29, 0.717) is 17.6 Å². The third kappa shape index (κ3) is 7.24. The molecule has 0 saturated carbocycles. The molecule has 4 aliphatic heterocycles. The van der Waals surface area contributed by atoms with Crippen LogP contribution in [0, 0.1) is 0 Å². The lowest BCUT2D eigenvalue weighted by atomic mass is 10.0. The molecule has 9 rings (SSSR count). The number of hydrogen-bond acceptors (Lipinski definition) is 6. The summed E-state index contributed by atoms with van der Waals surface area (Å²) in [6.07, 6.45) is 10.6. The Morgan fingerprint density at radius 1 is 0.724 bits per heavy atom. The first-order chi connectivity index (χ1) is 28.3. The standard InChI is InChI=1S/C46H52N8O4/c1-30-10-8-26-54(30,2)46(57)51-41(35-11-4-3-5-12-35)45(56)53-25-7-14-39(53)43-48-29-37(50-43)34-22-18-32(19-23-34)31-16-20-33(21-17-31)36-28-47-42(49-36)38-13-6-24-52(38)44(55)40-15-9-27-58-40/h3-5,11-12,16-23,28-30,38-41H,6-10,13-15,24-27H2,1-2H3,(H2-,47,48,49,50,51,57)/p+1/t30-,38+,39+,40+,41-,54?/m1/s1. The molecule has 1 unspecified atom stereocenters. The Balaban J connectivity index is 0.864. The summed E-state index contributed by atoms with van der Waals surface area (Å²) >= 11 is 0. The number of carbonyl (C=O) groups is 3. The molecule has 6 heterocycles. The minimum atomic E-state index is -0.776. The number of aromatic amines is 2. The Kier molecular flexibility index (Phi) is 10.5. The molecule has 0 bridgehead atoms. The number of H-pyrrole nitrogens is 2. The van der Waals surface area contributed by atoms with Gasteiger partial charge in [0.25, 0.3) is 11.8 Å². The van der Waals surface area contributed by atoms with Gasteiger partial charge in [-0.1, -0.05) is 78.9 Å². The van der Waals surface area contributed by atoms with Crippen LogP contribution in [0.25, 0.3) is 33.6 Å². The molecule has 3 N–H and O–H groups in total. The third-order valence-corrected chi connectivity index (χ3v) is 13.2. The highest BCUT2D eigenvalue weighted by Gasteiger charge is 2.45. The zero-order valence-corrected chi connectivity index (χ0v) is 33.4. The largest absolute Gasteiger partial charge is 0.417 e. The first-order valence-corrected chi connectivity index (χ1v) is 21.0. The number of aromatic nitrogens is 4. The lowest BCUT2D eigenvalue weighted by Gasteiger charge is -2.34. The Labute approximate surface area is 339 Å². The van der Waals surface area contributed by atoms with Gasteiger partial charge >= 0.3 is 6.03 Å². The maximum absolute atomic E-state index is 14.4. The first kappa shape index (κ1) is 38.0. The Morgan fingerprint density at radius 2 is 1.29 bits per heavy atom. The van der Waals surface area contributed by atoms with Gasteiger partial charge in [0.05, 0.1) is 55.5 Å². The molecule has 4 saturated heterocycles. The summed E-state index contributed by atoms with van der Waals surface area (Å²) in [7, 11) is 1.98. The van der Waals surface area contributed by atoms with Crippen LogP contribution in [-0.2, 0) is 14.3 Å². The van der Waals surface area contributed by atoms with Gasteiger partial charge in [-0.2, -0.15) is 0 Å². The van der Waals surface area contributed by atoms with Crippen molar-refractivity contribution in [2.45, 2.75) is 88.6 Å². The van der Waals surface area contributed by atoms with Gasteiger partial charge in [-0.05, 0) is 73.3 Å². The van der Waals surface area contributed by atoms with Crippen molar-refractivity contribution in [2.75, 3.05) is 33.3 Å². The molecule has 6 atom stereocenters. The van der Waals surface area contributed by atoms with Gasteiger partial charge < -0.3 is 24.5 Å². The quantitative estimate of drug-likeness (QED) is 0.131. The maximum atomic E-state index is 14.4. The van der Waals surface area contributed by atoms with Crippen LogP contribution in [0.4, 0.5) is 4.79 Å². The van der Waals surface area contributed by atoms with Gasteiger partial charge in [-0.25, -0.2) is 19.2 Å². The van der Waals surface area contributed by atoms with E-state index in [1.807, 2.05) is 59.6 Å². The van der Waals surface area contributed by atoms with Crippen molar-refractivity contribution in [1.82, 2.24) is 35.1 Å². The van der Waals surface area contributed by atoms with Crippen LogP contribution in [0.3, 0.4) is 0 Å². The number of carbonyl (C=O) groups excluding carboxylic acids is 3. The van der Waals surface area contributed by atoms with E-state index in [-0.39, 0.29) is 42.1 Å². The molecule has 4 amide bonds. The Bertz CT molecular complexity index is 2250. The third-order valence-electron chi connectivity index (χ3n) is 13.2. The van der Waals surface area contributed by atoms with Crippen LogP contribution in [0.15, 0.2) is 91.3 Å². The van der Waals surface area contributed by atoms with E-state index in [1.165, 1.54) is 0 Å². The molecule has 12 heteroatoms. The summed E-state index contributed by atoms with van der Waals surface area (Å²) < 4.78 is 5.98. The zero-order chi connectivity index (χ0) is 39.8. The number of rotatable bonds is 9. The summed E-state index contributed by atoms with van der Waals surface area (Å²) in [4.78, 5) is 61.6. The summed E-state index contributed by atoms with van der Waals surface area (Å²) in [5.74, 6) is 1.56. The van der Waals surface area contributed by atoms with Gasteiger partial charge in [0.2, 0.25) is 0 Å². The number of imidazole rings is 2. The molecule has 0 spiro atoms. The monoisotopic (exact) mass is 781 g/mol. The van der Waals surface area contributed by atoms with E-state index >= 15 is 0 Å². The van der Waals surface area contributed by atoms with Gasteiger partial charge in [0.1, 0.15) is 23.8 Å². The summed E-state index contributed by atoms with van der Waals surface area (Å²) in [6.45, 7) is 4.89. The number of urea groups is 1. The van der Waals surface area contributed by atoms with Crippen molar-refractivity contribution in [3.05, 3.63) is 108 Å². The summed E-state index contributed by atoms with van der Waals surface area (Å²) in [6, 6.07) is 25.5. The molecule has 4 fully saturated rings. The van der Waals surface area contributed by atoms with E-state index in [0.717, 1.165) is 115 Å². The van der Waals surface area contributed by atoms with Crippen molar-refractivity contribution in [3.8, 4) is 33.6 Å². The minimum absolute atomic E-state index is 0.0478. The van der Waals surface area contributed by atoms with Crippen LogP contribution in [0.1, 0.15) is 93.6 Å². The fourth-order valence-corrected chi connectivity index (χ4v) is 9.47. The van der Waals surface area contributed by atoms with E-state index in [4.69, 9.17) is 14.7 Å². The lowest BCUT2D eigenvalue weighted by Crippen LogP contribution is -2.58. The molecule has 0 aliphatic carbocycles. The highest BCUT2D eigenvalue weighted by molar-refractivity contribution is 5.87. The predicted octanol–water partition coefficient (Wildman–Crippen LogP) is 7.72. The second kappa shape index (κ2) is 16.0. The molecule has 3 aromatic carbocycles. The number of benzene rings is 3. The molecule has 0 radical (unpaired) electrons. The topological polar surface area (TPSA) is 136 Å². The molecular formula is C46H53N8O4+. The number of likely N-dealkylation sites (tertiary alicyclic amines) is 3. The van der Waals surface area contributed by atoms with Crippen LogP contribution in [0.2, 0.25) is 0 Å². The van der Waals surface area contributed by atoms with Crippen molar-refractivity contribution in [2.24, 2.45) is 0 Å². The van der Waals surface area contributed by atoms with Crippen LogP contribution in [-0.4, -0.2) is 97.5 Å². The SMILES string of the molecule is C[C@@H]1CCC[N+]1(C)C(=O)N[C@@H](C(=O)N1CCC[C@H]1c1ncc(-c2ccc(-c3ccc(-c4cnc([C@@H]5CCCN5C(=O)[C@@H]5CCCO5)[nH]4)cc3)cc2)[nH]1)c1ccccc1. The molecule has 300 valence electrons. The van der Waals surface area contributed by atoms with Crippen molar-refractivity contribution in [1.29, 1.82) is 0 Å². The van der Waals surface area contributed by atoms with E-state index in [1.54, 1.807) is 0 Å². The second-order valence-electron chi connectivity index (χ2n) is 16.7. The number of quaternary nitrogens is 1. The number of amides is 4. The Morgan fingerprint density at radius 3 is 1.84 bits per heavy atom. The Hall–Kier alpha value is -5.59. The molecule has 12 nitrogen and oxygen atoms in total. The van der Waals surface area contributed by atoms with Crippen molar-refractivity contribution < 1.29 is 23.6 Å². The normalized spacial score (nSPS) is 25.0. The van der Waals surface area contributed by atoms with Crippen molar-refractivity contribution in [3.63, 3.8) is 0 Å². The molecule has 2 aromatic heterocycles. The lowest BCUT2D eigenvalue weighted by molar-refractivity contribution is -0.840. The molecule has 4 aliphatic rings.